The molecule has 4 nitrogen and oxygen atoms in total. The molecular formula is C16H24N2O2. The molecule has 0 radical (unpaired) electrons. The molecule has 2 rings (SSSR count). The maximum Gasteiger partial charge on any atom is 0.238 e. The van der Waals surface area contributed by atoms with Crippen LogP contribution in [0.3, 0.4) is 0 Å². The molecule has 0 aliphatic heterocycles. The number of rotatable bonds is 7. The zero-order valence-electron chi connectivity index (χ0n) is 12.3. The van der Waals surface area contributed by atoms with Gasteiger partial charge in [0.05, 0.1) is 13.2 Å². The number of para-hydroxylation sites is 1. The van der Waals surface area contributed by atoms with Crippen LogP contribution in [-0.2, 0) is 11.2 Å². The molecule has 0 heterocycles. The summed E-state index contributed by atoms with van der Waals surface area (Å²) in [5.74, 6) is 0.425. The van der Waals surface area contributed by atoms with E-state index in [-0.39, 0.29) is 24.6 Å². The number of aliphatic hydroxyl groups excluding tert-OH is 1. The Kier molecular flexibility index (Phi) is 4.78. The molecule has 1 aliphatic rings. The zero-order chi connectivity index (χ0) is 14.6. The Bertz CT molecular complexity index is 471. The molecule has 1 aromatic carbocycles. The Morgan fingerprint density at radius 1 is 1.40 bits per heavy atom. The normalized spacial score (nSPS) is 17.6. The summed E-state index contributed by atoms with van der Waals surface area (Å²) in [5, 5.41) is 15.6. The molecule has 1 saturated carbocycles. The summed E-state index contributed by atoms with van der Waals surface area (Å²) < 4.78 is 0. The fourth-order valence-electron chi connectivity index (χ4n) is 2.48. The summed E-state index contributed by atoms with van der Waals surface area (Å²) in [4.78, 5) is 12.0. The number of anilines is 1. The molecule has 0 saturated heterocycles. The summed E-state index contributed by atoms with van der Waals surface area (Å²) in [7, 11) is 0. The van der Waals surface area contributed by atoms with Gasteiger partial charge in [-0.15, -0.1) is 0 Å². The van der Waals surface area contributed by atoms with Crippen LogP contribution in [0.4, 0.5) is 5.69 Å². The van der Waals surface area contributed by atoms with Gasteiger partial charge in [0.25, 0.3) is 0 Å². The van der Waals surface area contributed by atoms with Gasteiger partial charge in [-0.2, -0.15) is 0 Å². The van der Waals surface area contributed by atoms with E-state index >= 15 is 0 Å². The summed E-state index contributed by atoms with van der Waals surface area (Å²) in [5.41, 5.74) is 1.67. The Hall–Kier alpha value is -1.39. The zero-order valence-corrected chi connectivity index (χ0v) is 12.3. The van der Waals surface area contributed by atoms with Crippen LogP contribution in [-0.4, -0.2) is 29.7 Å². The van der Waals surface area contributed by atoms with Gasteiger partial charge in [-0.05, 0) is 43.7 Å². The lowest BCUT2D eigenvalue weighted by atomic mass is 9.97. The van der Waals surface area contributed by atoms with Gasteiger partial charge in [0, 0.05) is 11.2 Å². The number of aliphatic hydroxyl groups is 1. The van der Waals surface area contributed by atoms with Crippen LogP contribution >= 0.6 is 0 Å². The lowest BCUT2D eigenvalue weighted by molar-refractivity contribution is -0.115. The Balaban J connectivity index is 1.89. The molecule has 3 N–H and O–H groups in total. The highest BCUT2D eigenvalue weighted by molar-refractivity contribution is 5.93. The van der Waals surface area contributed by atoms with Crippen LogP contribution in [0.2, 0.25) is 0 Å². The first-order valence-corrected chi connectivity index (χ1v) is 7.32. The maximum absolute atomic E-state index is 12.0. The third-order valence-corrected chi connectivity index (χ3v) is 4.13. The number of hydrogen-bond acceptors (Lipinski definition) is 3. The van der Waals surface area contributed by atoms with Crippen molar-refractivity contribution in [3.8, 4) is 0 Å². The minimum atomic E-state index is -0.332. The molecule has 0 unspecified atom stereocenters. The van der Waals surface area contributed by atoms with Gasteiger partial charge in [-0.3, -0.25) is 4.79 Å². The van der Waals surface area contributed by atoms with Crippen molar-refractivity contribution in [2.75, 3.05) is 18.5 Å². The van der Waals surface area contributed by atoms with Crippen LogP contribution in [0.1, 0.15) is 32.3 Å². The fourth-order valence-corrected chi connectivity index (χ4v) is 2.48. The number of amides is 1. The Morgan fingerprint density at radius 2 is 2.10 bits per heavy atom. The van der Waals surface area contributed by atoms with E-state index in [0.29, 0.717) is 5.92 Å². The number of nitrogens with one attached hydrogen (secondary N) is 2. The molecule has 1 atom stereocenters. The van der Waals surface area contributed by atoms with Crippen LogP contribution < -0.4 is 10.6 Å². The maximum atomic E-state index is 12.0. The van der Waals surface area contributed by atoms with E-state index in [1.165, 1.54) is 0 Å². The molecule has 20 heavy (non-hydrogen) atoms. The number of hydrogen-bond donors (Lipinski definition) is 3. The average Bonchev–Trinajstić information content (AvgIpc) is 3.30. The molecule has 4 heteroatoms. The number of carbonyl (C=O) groups is 1. The van der Waals surface area contributed by atoms with Crippen molar-refractivity contribution in [3.63, 3.8) is 0 Å². The van der Waals surface area contributed by atoms with Crippen LogP contribution in [0, 0.1) is 5.92 Å². The van der Waals surface area contributed by atoms with Gasteiger partial charge < -0.3 is 15.7 Å². The SMILES string of the molecule is CCc1ccccc1NC(=O)CN[C@](C)(CO)C1CC1. The van der Waals surface area contributed by atoms with E-state index < -0.39 is 0 Å². The van der Waals surface area contributed by atoms with Crippen molar-refractivity contribution in [2.45, 2.75) is 38.6 Å². The van der Waals surface area contributed by atoms with E-state index in [9.17, 15) is 9.90 Å². The quantitative estimate of drug-likeness (QED) is 0.713. The summed E-state index contributed by atoms with van der Waals surface area (Å²) in [6.45, 7) is 4.35. The molecule has 1 amide bonds. The Morgan fingerprint density at radius 3 is 2.70 bits per heavy atom. The summed E-state index contributed by atoms with van der Waals surface area (Å²) in [6, 6.07) is 7.83. The highest BCUT2D eigenvalue weighted by Gasteiger charge is 2.40. The van der Waals surface area contributed by atoms with Crippen molar-refractivity contribution in [1.29, 1.82) is 0 Å². The van der Waals surface area contributed by atoms with Crippen LogP contribution in [0.25, 0.3) is 0 Å². The van der Waals surface area contributed by atoms with Gasteiger partial charge in [0.15, 0.2) is 0 Å². The summed E-state index contributed by atoms with van der Waals surface area (Å²) in [6.07, 6.45) is 3.15. The monoisotopic (exact) mass is 276 g/mol. The third-order valence-electron chi connectivity index (χ3n) is 4.13. The average molecular weight is 276 g/mol. The largest absolute Gasteiger partial charge is 0.394 e. The first kappa shape index (κ1) is 15.0. The smallest absolute Gasteiger partial charge is 0.238 e. The van der Waals surface area contributed by atoms with Crippen molar-refractivity contribution >= 4 is 11.6 Å². The van der Waals surface area contributed by atoms with Crippen molar-refractivity contribution in [3.05, 3.63) is 29.8 Å². The molecule has 0 aromatic heterocycles. The molecule has 110 valence electrons. The number of aryl methyl sites for hydroxylation is 1. The first-order valence-electron chi connectivity index (χ1n) is 7.32. The standard InChI is InChI=1S/C16H24N2O2/c1-3-12-6-4-5-7-14(12)18-15(20)10-17-16(2,11-19)13-8-9-13/h4-7,13,17,19H,3,8-11H2,1-2H3,(H,18,20)/t16-/m1/s1. The minimum absolute atomic E-state index is 0.0637. The van der Waals surface area contributed by atoms with Gasteiger partial charge in [-0.25, -0.2) is 0 Å². The number of benzene rings is 1. The van der Waals surface area contributed by atoms with Crippen molar-refractivity contribution in [1.82, 2.24) is 5.32 Å². The minimum Gasteiger partial charge on any atom is -0.394 e. The van der Waals surface area contributed by atoms with E-state index in [0.717, 1.165) is 30.5 Å². The van der Waals surface area contributed by atoms with Gasteiger partial charge in [0.1, 0.15) is 0 Å². The second-order valence-electron chi connectivity index (χ2n) is 5.76. The van der Waals surface area contributed by atoms with E-state index in [2.05, 4.69) is 17.6 Å². The lowest BCUT2D eigenvalue weighted by Crippen LogP contribution is -2.50. The lowest BCUT2D eigenvalue weighted by Gasteiger charge is -2.28. The van der Waals surface area contributed by atoms with Crippen LogP contribution in [0.15, 0.2) is 24.3 Å². The summed E-state index contributed by atoms with van der Waals surface area (Å²) >= 11 is 0. The third kappa shape index (κ3) is 3.58. The van der Waals surface area contributed by atoms with Gasteiger partial charge in [0.2, 0.25) is 5.91 Å². The van der Waals surface area contributed by atoms with Crippen LogP contribution in [0.5, 0.6) is 0 Å². The van der Waals surface area contributed by atoms with Gasteiger partial charge >= 0.3 is 0 Å². The van der Waals surface area contributed by atoms with Crippen molar-refractivity contribution < 1.29 is 9.90 Å². The highest BCUT2D eigenvalue weighted by Crippen LogP contribution is 2.39. The molecule has 1 fully saturated rings. The molecule has 1 aliphatic carbocycles. The molecule has 1 aromatic rings. The number of carbonyl (C=O) groups excluding carboxylic acids is 1. The van der Waals surface area contributed by atoms with E-state index in [1.807, 2.05) is 31.2 Å². The van der Waals surface area contributed by atoms with Gasteiger partial charge in [-0.1, -0.05) is 25.1 Å². The second-order valence-corrected chi connectivity index (χ2v) is 5.76. The topological polar surface area (TPSA) is 61.4 Å². The predicted molar refractivity (Wildman–Crippen MR) is 80.7 cm³/mol. The van der Waals surface area contributed by atoms with E-state index in [4.69, 9.17) is 0 Å². The predicted octanol–water partition coefficient (Wildman–Crippen LogP) is 1.94. The highest BCUT2D eigenvalue weighted by atomic mass is 16.3. The fraction of sp³-hybridized carbons (Fsp3) is 0.562. The molecule has 0 bridgehead atoms. The second kappa shape index (κ2) is 6.37. The Labute approximate surface area is 120 Å². The first-order chi connectivity index (χ1) is 9.59. The van der Waals surface area contributed by atoms with Crippen molar-refractivity contribution in [2.24, 2.45) is 5.92 Å². The molecule has 0 spiro atoms. The molecular weight excluding hydrogens is 252 g/mol. The van der Waals surface area contributed by atoms with E-state index in [1.54, 1.807) is 0 Å².